The van der Waals surface area contributed by atoms with Gasteiger partial charge in [-0.2, -0.15) is 9.97 Å². The molecule has 5 heterocycles. The number of rotatable bonds is 7. The van der Waals surface area contributed by atoms with Crippen LogP contribution in [0.4, 0.5) is 5.82 Å². The lowest BCUT2D eigenvalue weighted by atomic mass is 9.89. The summed E-state index contributed by atoms with van der Waals surface area (Å²) < 4.78 is 11.6. The zero-order valence-electron chi connectivity index (χ0n) is 21.1. The Morgan fingerprint density at radius 3 is 2.86 bits per heavy atom. The molecule has 37 heavy (non-hydrogen) atoms. The van der Waals surface area contributed by atoms with Gasteiger partial charge in [-0.3, -0.25) is 4.79 Å². The maximum atomic E-state index is 13.2. The molecule has 3 aliphatic rings. The molecule has 1 saturated carbocycles. The van der Waals surface area contributed by atoms with E-state index in [-0.39, 0.29) is 30.1 Å². The number of aromatic amines is 1. The van der Waals surface area contributed by atoms with E-state index in [0.29, 0.717) is 18.2 Å². The van der Waals surface area contributed by atoms with Gasteiger partial charge in [-0.15, -0.1) is 0 Å². The molecule has 10 nitrogen and oxygen atoms in total. The Labute approximate surface area is 216 Å². The molecule has 2 aliphatic heterocycles. The smallest absolute Gasteiger partial charge is 0.319 e. The Balaban J connectivity index is 1.19. The van der Waals surface area contributed by atoms with Crippen LogP contribution in [-0.4, -0.2) is 70.3 Å². The van der Waals surface area contributed by atoms with E-state index < -0.39 is 0 Å². The Hall–Kier alpha value is -3.24. The Bertz CT molecular complexity index is 1230. The van der Waals surface area contributed by atoms with Crippen molar-refractivity contribution in [2.24, 2.45) is 5.73 Å². The topological polar surface area (TPSA) is 131 Å². The van der Waals surface area contributed by atoms with Gasteiger partial charge in [0.1, 0.15) is 23.8 Å². The summed E-state index contributed by atoms with van der Waals surface area (Å²) in [6, 6.07) is 6.08. The number of hydrogen-bond acceptors (Lipinski definition) is 8. The molecule has 2 saturated heterocycles. The van der Waals surface area contributed by atoms with Crippen LogP contribution in [-0.2, 0) is 4.74 Å². The van der Waals surface area contributed by atoms with Crippen LogP contribution in [0.15, 0.2) is 30.6 Å². The molecule has 3 aromatic heterocycles. The van der Waals surface area contributed by atoms with Gasteiger partial charge in [0.15, 0.2) is 0 Å². The molecule has 0 bridgehead atoms. The third-order valence-electron chi connectivity index (χ3n) is 7.97. The number of pyridine rings is 1. The zero-order valence-corrected chi connectivity index (χ0v) is 21.1. The summed E-state index contributed by atoms with van der Waals surface area (Å²) in [6.07, 6.45) is 10.8. The largest absolute Gasteiger partial charge is 0.461 e. The van der Waals surface area contributed by atoms with Gasteiger partial charge in [-0.05, 0) is 68.6 Å². The molecule has 3 aromatic rings. The number of amides is 1. The van der Waals surface area contributed by atoms with Gasteiger partial charge in [-0.25, -0.2) is 4.98 Å². The van der Waals surface area contributed by atoms with E-state index in [0.717, 1.165) is 76.1 Å². The highest BCUT2D eigenvalue weighted by molar-refractivity contribution is 5.93. The number of H-pyrrole nitrogens is 1. The monoisotopic (exact) mass is 505 g/mol. The molecule has 3 fully saturated rings. The first-order valence-corrected chi connectivity index (χ1v) is 13.5. The van der Waals surface area contributed by atoms with Crippen molar-refractivity contribution in [3.8, 4) is 6.01 Å². The number of fused-ring (bicyclic) bond motifs is 1. The molecular formula is C27H35N7O3. The molecule has 1 amide bonds. The van der Waals surface area contributed by atoms with Crippen molar-refractivity contribution in [2.75, 3.05) is 31.2 Å². The fourth-order valence-corrected chi connectivity index (χ4v) is 5.84. The number of carbonyl (C=O) groups excluding carboxylic acids is 1. The molecule has 4 N–H and O–H groups in total. The number of piperidine rings is 1. The van der Waals surface area contributed by atoms with Crippen LogP contribution >= 0.6 is 0 Å². The number of ether oxygens (including phenoxy) is 2. The highest BCUT2D eigenvalue weighted by atomic mass is 16.5. The van der Waals surface area contributed by atoms with Crippen LogP contribution in [0.3, 0.4) is 0 Å². The highest BCUT2D eigenvalue weighted by Gasteiger charge is 2.28. The van der Waals surface area contributed by atoms with E-state index in [9.17, 15) is 4.79 Å². The molecule has 0 unspecified atom stereocenters. The summed E-state index contributed by atoms with van der Waals surface area (Å²) in [5.74, 6) is 0.935. The maximum Gasteiger partial charge on any atom is 0.319 e. The van der Waals surface area contributed by atoms with E-state index in [1.54, 1.807) is 6.07 Å². The van der Waals surface area contributed by atoms with Gasteiger partial charge >= 0.3 is 6.01 Å². The number of hydrogen-bond donors (Lipinski definition) is 3. The second-order valence-corrected chi connectivity index (χ2v) is 10.4. The van der Waals surface area contributed by atoms with Crippen LogP contribution in [0.2, 0.25) is 0 Å². The van der Waals surface area contributed by atoms with E-state index in [2.05, 4.69) is 37.4 Å². The number of carbonyl (C=O) groups is 1. The summed E-state index contributed by atoms with van der Waals surface area (Å²) in [7, 11) is 0. The van der Waals surface area contributed by atoms with Gasteiger partial charge in [0.25, 0.3) is 5.91 Å². The molecule has 0 radical (unpaired) electrons. The Kier molecular flexibility index (Phi) is 6.93. The first-order chi connectivity index (χ1) is 18.1. The summed E-state index contributed by atoms with van der Waals surface area (Å²) in [6.45, 7) is 2.79. The van der Waals surface area contributed by atoms with Crippen molar-refractivity contribution >= 4 is 22.8 Å². The van der Waals surface area contributed by atoms with Crippen LogP contribution < -0.4 is 20.7 Å². The second kappa shape index (κ2) is 10.6. The van der Waals surface area contributed by atoms with Gasteiger partial charge in [-0.1, -0.05) is 0 Å². The SMILES string of the molecule is N[C@@H]1CCC[C@@H]1NC(=O)c1cc(N2CCC(c3c[nH]c4ncccc34)CC2)nc(OC[C@H]2CCCO2)n1. The maximum absolute atomic E-state index is 13.2. The minimum Gasteiger partial charge on any atom is -0.461 e. The number of nitrogens with one attached hydrogen (secondary N) is 2. The average molecular weight is 506 g/mol. The highest BCUT2D eigenvalue weighted by Crippen LogP contribution is 2.34. The standard InChI is InChI=1S/C27H35N7O3/c28-21-6-1-7-22(21)31-26(35)23-14-24(33-27(32-23)37-16-18-4-3-13-36-18)34-11-8-17(9-12-34)20-15-30-25-19(20)5-2-10-29-25/h2,5,10,14-15,17-18,21-22H,1,3-4,6-9,11-13,16,28H2,(H,29,30)(H,31,35)/t18-,21-,22+/m1/s1. The minimum absolute atomic E-state index is 0.0146. The van der Waals surface area contributed by atoms with Crippen LogP contribution in [0, 0.1) is 0 Å². The summed E-state index contributed by atoms with van der Waals surface area (Å²) in [5, 5.41) is 4.27. The normalized spacial score (nSPS) is 24.6. The molecule has 0 aromatic carbocycles. The van der Waals surface area contributed by atoms with Crippen LogP contribution in [0.25, 0.3) is 11.0 Å². The quantitative estimate of drug-likeness (QED) is 0.447. The number of nitrogens with two attached hydrogens (primary N) is 1. The van der Waals surface area contributed by atoms with Crippen molar-refractivity contribution < 1.29 is 14.3 Å². The van der Waals surface area contributed by atoms with E-state index in [1.165, 1.54) is 10.9 Å². The van der Waals surface area contributed by atoms with Crippen molar-refractivity contribution in [1.82, 2.24) is 25.3 Å². The molecule has 10 heteroatoms. The molecule has 0 spiro atoms. The number of aromatic nitrogens is 4. The molecular weight excluding hydrogens is 470 g/mol. The van der Waals surface area contributed by atoms with Crippen molar-refractivity contribution in [3.63, 3.8) is 0 Å². The fraction of sp³-hybridized carbons (Fsp3) is 0.556. The molecule has 196 valence electrons. The Morgan fingerprint density at radius 1 is 1.19 bits per heavy atom. The summed E-state index contributed by atoms with van der Waals surface area (Å²) in [4.78, 5) is 32.3. The predicted octanol–water partition coefficient (Wildman–Crippen LogP) is 2.90. The van der Waals surface area contributed by atoms with Gasteiger partial charge in [0.05, 0.1) is 6.10 Å². The molecule has 6 rings (SSSR count). The lowest BCUT2D eigenvalue weighted by molar-refractivity contribution is 0.0643. The first kappa shape index (κ1) is 24.1. The van der Waals surface area contributed by atoms with Crippen molar-refractivity contribution in [3.05, 3.63) is 41.9 Å². The van der Waals surface area contributed by atoms with Gasteiger partial charge < -0.3 is 30.4 Å². The lowest BCUT2D eigenvalue weighted by Gasteiger charge is -2.33. The molecule has 1 aliphatic carbocycles. The van der Waals surface area contributed by atoms with Crippen molar-refractivity contribution in [1.29, 1.82) is 0 Å². The third-order valence-corrected chi connectivity index (χ3v) is 7.97. The average Bonchev–Trinajstić information content (AvgIpc) is 3.69. The number of nitrogens with zero attached hydrogens (tertiary/aromatic N) is 4. The second-order valence-electron chi connectivity index (χ2n) is 10.4. The Morgan fingerprint density at radius 2 is 2.08 bits per heavy atom. The summed E-state index contributed by atoms with van der Waals surface area (Å²) in [5.41, 5.74) is 8.75. The number of anilines is 1. The fourth-order valence-electron chi connectivity index (χ4n) is 5.84. The first-order valence-electron chi connectivity index (χ1n) is 13.5. The van der Waals surface area contributed by atoms with E-state index in [1.807, 2.05) is 12.3 Å². The molecule has 3 atom stereocenters. The van der Waals surface area contributed by atoms with E-state index >= 15 is 0 Å². The van der Waals surface area contributed by atoms with Crippen LogP contribution in [0.1, 0.15) is 66.9 Å². The van der Waals surface area contributed by atoms with Crippen LogP contribution in [0.5, 0.6) is 6.01 Å². The van der Waals surface area contributed by atoms with Crippen molar-refractivity contribution in [2.45, 2.75) is 69.1 Å². The zero-order chi connectivity index (χ0) is 25.2. The van der Waals surface area contributed by atoms with Gasteiger partial charge in [0, 0.05) is 55.6 Å². The predicted molar refractivity (Wildman–Crippen MR) is 140 cm³/mol. The van der Waals surface area contributed by atoms with E-state index in [4.69, 9.17) is 20.2 Å². The summed E-state index contributed by atoms with van der Waals surface area (Å²) >= 11 is 0. The lowest BCUT2D eigenvalue weighted by Crippen LogP contribution is -2.44. The third kappa shape index (κ3) is 5.26. The minimum atomic E-state index is -0.228. The van der Waals surface area contributed by atoms with Gasteiger partial charge in [0.2, 0.25) is 0 Å².